The number of carbonyl (C=O) groups is 2. The molecule has 0 bridgehead atoms. The van der Waals surface area contributed by atoms with Crippen molar-refractivity contribution >= 4 is 11.9 Å². The normalized spacial score (nSPS) is 15.5. The number of methoxy groups -OCH3 is 2. The third kappa shape index (κ3) is 2.54. The molecule has 1 aromatic carbocycles. The summed E-state index contributed by atoms with van der Waals surface area (Å²) in [5.74, 6) is 0.0970. The molecule has 0 radical (unpaired) electrons. The predicted octanol–water partition coefficient (Wildman–Crippen LogP) is 1.02. The SMILES string of the molecule is COC(=O)CNC(=O)C1(c2ccccc2OC)CC1. The van der Waals surface area contributed by atoms with E-state index in [-0.39, 0.29) is 12.5 Å². The number of nitrogens with one attached hydrogen (secondary N) is 1. The first kappa shape index (κ1) is 13.4. The number of ether oxygens (including phenoxy) is 2. The third-order valence-electron chi connectivity index (χ3n) is 3.43. The van der Waals surface area contributed by atoms with Crippen molar-refractivity contribution in [3.63, 3.8) is 0 Å². The van der Waals surface area contributed by atoms with Gasteiger partial charge in [0.2, 0.25) is 5.91 Å². The van der Waals surface area contributed by atoms with E-state index in [1.807, 2.05) is 24.3 Å². The van der Waals surface area contributed by atoms with E-state index >= 15 is 0 Å². The van der Waals surface area contributed by atoms with Gasteiger partial charge in [0.15, 0.2) is 0 Å². The predicted molar refractivity (Wildman–Crippen MR) is 68.9 cm³/mol. The van der Waals surface area contributed by atoms with Gasteiger partial charge in [-0.1, -0.05) is 18.2 Å². The molecule has 1 N–H and O–H groups in total. The van der Waals surface area contributed by atoms with Gasteiger partial charge in [0.25, 0.3) is 0 Å². The van der Waals surface area contributed by atoms with Crippen LogP contribution in [0.5, 0.6) is 5.75 Å². The molecule has 0 aromatic heterocycles. The largest absolute Gasteiger partial charge is 0.496 e. The molecule has 1 amide bonds. The van der Waals surface area contributed by atoms with Crippen molar-refractivity contribution in [2.24, 2.45) is 0 Å². The first-order chi connectivity index (χ1) is 9.14. The summed E-state index contributed by atoms with van der Waals surface area (Å²) in [6, 6.07) is 7.48. The number of hydrogen-bond acceptors (Lipinski definition) is 4. The third-order valence-corrected chi connectivity index (χ3v) is 3.43. The fourth-order valence-corrected chi connectivity index (χ4v) is 2.18. The summed E-state index contributed by atoms with van der Waals surface area (Å²) in [7, 11) is 2.88. The van der Waals surface area contributed by atoms with E-state index in [0.717, 1.165) is 18.4 Å². The highest BCUT2D eigenvalue weighted by atomic mass is 16.5. The molecule has 0 heterocycles. The summed E-state index contributed by atoms with van der Waals surface area (Å²) < 4.78 is 9.80. The van der Waals surface area contributed by atoms with Gasteiger partial charge in [0, 0.05) is 5.56 Å². The van der Waals surface area contributed by atoms with Crippen LogP contribution in [0.4, 0.5) is 0 Å². The highest BCUT2D eigenvalue weighted by Gasteiger charge is 2.52. The zero-order valence-corrected chi connectivity index (χ0v) is 11.1. The molecule has 0 unspecified atom stereocenters. The Balaban J connectivity index is 2.14. The average Bonchev–Trinajstić information content (AvgIpc) is 3.25. The van der Waals surface area contributed by atoms with Gasteiger partial charge < -0.3 is 14.8 Å². The van der Waals surface area contributed by atoms with Crippen LogP contribution in [0.2, 0.25) is 0 Å². The summed E-state index contributed by atoms with van der Waals surface area (Å²) in [6.45, 7) is -0.105. The lowest BCUT2D eigenvalue weighted by atomic mass is 9.94. The second-order valence-corrected chi connectivity index (χ2v) is 4.54. The van der Waals surface area contributed by atoms with E-state index in [1.165, 1.54) is 7.11 Å². The van der Waals surface area contributed by atoms with Crippen LogP contribution in [-0.4, -0.2) is 32.6 Å². The van der Waals surface area contributed by atoms with E-state index in [4.69, 9.17) is 4.74 Å². The molecule has 0 saturated heterocycles. The zero-order chi connectivity index (χ0) is 13.9. The number of para-hydroxylation sites is 1. The second kappa shape index (κ2) is 5.30. The Hall–Kier alpha value is -2.04. The molecule has 19 heavy (non-hydrogen) atoms. The van der Waals surface area contributed by atoms with E-state index in [1.54, 1.807) is 7.11 Å². The van der Waals surface area contributed by atoms with Crippen molar-refractivity contribution in [1.82, 2.24) is 5.32 Å². The van der Waals surface area contributed by atoms with Crippen molar-refractivity contribution in [1.29, 1.82) is 0 Å². The van der Waals surface area contributed by atoms with E-state index in [0.29, 0.717) is 5.75 Å². The Labute approximate surface area is 111 Å². The lowest BCUT2D eigenvalue weighted by molar-refractivity contribution is -0.141. The van der Waals surface area contributed by atoms with Crippen LogP contribution in [0.15, 0.2) is 24.3 Å². The van der Waals surface area contributed by atoms with Crippen LogP contribution in [-0.2, 0) is 19.7 Å². The smallest absolute Gasteiger partial charge is 0.325 e. The Morgan fingerprint density at radius 1 is 1.26 bits per heavy atom. The van der Waals surface area contributed by atoms with E-state index < -0.39 is 11.4 Å². The van der Waals surface area contributed by atoms with Gasteiger partial charge in [0.05, 0.1) is 19.6 Å². The van der Waals surface area contributed by atoms with Gasteiger partial charge in [-0.2, -0.15) is 0 Å². The number of amides is 1. The topological polar surface area (TPSA) is 64.6 Å². The number of rotatable bonds is 5. The number of esters is 1. The van der Waals surface area contributed by atoms with Crippen LogP contribution in [0.1, 0.15) is 18.4 Å². The molecule has 0 aliphatic heterocycles. The number of carbonyl (C=O) groups excluding carboxylic acids is 2. The highest BCUT2D eigenvalue weighted by molar-refractivity contribution is 5.93. The van der Waals surface area contributed by atoms with E-state index in [2.05, 4.69) is 10.1 Å². The molecule has 5 nitrogen and oxygen atoms in total. The molecule has 1 aliphatic carbocycles. The average molecular weight is 263 g/mol. The lowest BCUT2D eigenvalue weighted by Crippen LogP contribution is -2.38. The number of hydrogen-bond donors (Lipinski definition) is 1. The molecule has 0 spiro atoms. The minimum atomic E-state index is -0.555. The van der Waals surface area contributed by atoms with Gasteiger partial charge in [-0.25, -0.2) is 0 Å². The van der Waals surface area contributed by atoms with Gasteiger partial charge in [-0.15, -0.1) is 0 Å². The van der Waals surface area contributed by atoms with E-state index in [9.17, 15) is 9.59 Å². The van der Waals surface area contributed by atoms with Crippen LogP contribution < -0.4 is 10.1 Å². The van der Waals surface area contributed by atoms with Crippen molar-refractivity contribution in [2.45, 2.75) is 18.3 Å². The summed E-state index contributed by atoms with van der Waals surface area (Å²) >= 11 is 0. The maximum atomic E-state index is 12.2. The maximum Gasteiger partial charge on any atom is 0.325 e. The summed E-state index contributed by atoms with van der Waals surface area (Å²) in [4.78, 5) is 23.3. The van der Waals surface area contributed by atoms with Crippen LogP contribution in [0.3, 0.4) is 0 Å². The van der Waals surface area contributed by atoms with Gasteiger partial charge in [-0.05, 0) is 18.9 Å². The van der Waals surface area contributed by atoms with Gasteiger partial charge >= 0.3 is 5.97 Å². The summed E-state index contributed by atoms with van der Waals surface area (Å²) in [5.41, 5.74) is 0.320. The van der Waals surface area contributed by atoms with Crippen LogP contribution >= 0.6 is 0 Å². The Morgan fingerprint density at radius 2 is 1.95 bits per heavy atom. The maximum absolute atomic E-state index is 12.2. The summed E-state index contributed by atoms with van der Waals surface area (Å²) in [5, 5.41) is 2.62. The molecule has 1 aliphatic rings. The van der Waals surface area contributed by atoms with Gasteiger partial charge in [-0.3, -0.25) is 9.59 Å². The summed E-state index contributed by atoms with van der Waals surface area (Å²) in [6.07, 6.45) is 1.53. The minimum Gasteiger partial charge on any atom is -0.496 e. The van der Waals surface area contributed by atoms with Crippen LogP contribution in [0, 0.1) is 0 Å². The lowest BCUT2D eigenvalue weighted by Gasteiger charge is -2.18. The first-order valence-electron chi connectivity index (χ1n) is 6.12. The van der Waals surface area contributed by atoms with Crippen molar-refractivity contribution in [2.75, 3.05) is 20.8 Å². The van der Waals surface area contributed by atoms with Crippen LogP contribution in [0.25, 0.3) is 0 Å². The highest BCUT2D eigenvalue weighted by Crippen LogP contribution is 2.51. The molecule has 2 rings (SSSR count). The van der Waals surface area contributed by atoms with Crippen molar-refractivity contribution < 1.29 is 19.1 Å². The number of benzene rings is 1. The minimum absolute atomic E-state index is 0.105. The molecule has 102 valence electrons. The molecule has 1 saturated carbocycles. The Morgan fingerprint density at radius 3 is 2.53 bits per heavy atom. The molecular weight excluding hydrogens is 246 g/mol. The standard InChI is InChI=1S/C14H17NO4/c1-18-11-6-4-3-5-10(11)14(7-8-14)13(17)15-9-12(16)19-2/h3-6H,7-9H2,1-2H3,(H,15,17). The molecule has 1 fully saturated rings. The Bertz CT molecular complexity index is 494. The quantitative estimate of drug-likeness (QED) is 0.805. The zero-order valence-electron chi connectivity index (χ0n) is 11.1. The monoisotopic (exact) mass is 263 g/mol. The molecule has 1 aromatic rings. The first-order valence-corrected chi connectivity index (χ1v) is 6.12. The second-order valence-electron chi connectivity index (χ2n) is 4.54. The molecule has 5 heteroatoms. The van der Waals surface area contributed by atoms with Crippen molar-refractivity contribution in [3.8, 4) is 5.75 Å². The van der Waals surface area contributed by atoms with Gasteiger partial charge in [0.1, 0.15) is 12.3 Å². The molecule has 0 atom stereocenters. The Kier molecular flexibility index (Phi) is 3.74. The molecular formula is C14H17NO4. The fourth-order valence-electron chi connectivity index (χ4n) is 2.18. The van der Waals surface area contributed by atoms with Crippen molar-refractivity contribution in [3.05, 3.63) is 29.8 Å². The fraction of sp³-hybridized carbons (Fsp3) is 0.429.